The molecule has 0 aromatic heterocycles. The van der Waals surface area contributed by atoms with Gasteiger partial charge in [-0.05, 0) is 56.2 Å². The number of amides is 3. The van der Waals surface area contributed by atoms with Gasteiger partial charge < -0.3 is 10.0 Å². The Balaban J connectivity index is 1.97. The Hall–Kier alpha value is -3.33. The zero-order valence-electron chi connectivity index (χ0n) is 14.9. The van der Waals surface area contributed by atoms with E-state index in [1.165, 1.54) is 4.90 Å². The zero-order chi connectivity index (χ0) is 19.1. The van der Waals surface area contributed by atoms with Crippen molar-refractivity contribution < 1.29 is 14.7 Å². The van der Waals surface area contributed by atoms with Crippen LogP contribution >= 0.6 is 0 Å². The molecular formula is C20H19N3O3. The minimum Gasteiger partial charge on any atom is -0.508 e. The summed E-state index contributed by atoms with van der Waals surface area (Å²) in [5, 5.41) is 9.64. The van der Waals surface area contributed by atoms with Crippen molar-refractivity contribution in [3.8, 4) is 5.75 Å². The Morgan fingerprint density at radius 1 is 1.15 bits per heavy atom. The molecule has 2 aromatic carbocycles. The third-order valence-corrected chi connectivity index (χ3v) is 4.63. The van der Waals surface area contributed by atoms with Gasteiger partial charge in [0.05, 0.1) is 12.3 Å². The monoisotopic (exact) mass is 349 g/mol. The van der Waals surface area contributed by atoms with Gasteiger partial charge in [0.15, 0.2) is 5.69 Å². The Labute approximate surface area is 152 Å². The number of aryl methyl sites for hydroxylation is 1. The number of rotatable bonds is 3. The van der Waals surface area contributed by atoms with Crippen LogP contribution in [0.3, 0.4) is 0 Å². The van der Waals surface area contributed by atoms with Crippen molar-refractivity contribution in [1.82, 2.24) is 4.90 Å². The number of carbonyl (C=O) groups is 2. The first-order valence-electron chi connectivity index (χ1n) is 8.18. The normalized spacial score (nSPS) is 16.1. The van der Waals surface area contributed by atoms with E-state index in [1.54, 1.807) is 63.2 Å². The number of anilines is 1. The van der Waals surface area contributed by atoms with Gasteiger partial charge in [-0.25, -0.2) is 14.5 Å². The molecule has 0 atom stereocenters. The molecule has 2 aromatic rings. The lowest BCUT2D eigenvalue weighted by atomic mass is 10.0. The van der Waals surface area contributed by atoms with Crippen LogP contribution in [0.4, 0.5) is 16.2 Å². The van der Waals surface area contributed by atoms with Crippen LogP contribution in [0, 0.1) is 13.5 Å². The number of aromatic hydroxyl groups is 1. The van der Waals surface area contributed by atoms with E-state index in [4.69, 9.17) is 6.57 Å². The van der Waals surface area contributed by atoms with Gasteiger partial charge >= 0.3 is 6.03 Å². The summed E-state index contributed by atoms with van der Waals surface area (Å²) in [4.78, 5) is 32.0. The van der Waals surface area contributed by atoms with Gasteiger partial charge in [-0.3, -0.25) is 4.79 Å². The molecule has 0 aliphatic carbocycles. The van der Waals surface area contributed by atoms with Crippen LogP contribution in [-0.2, 0) is 11.3 Å². The lowest BCUT2D eigenvalue weighted by molar-refractivity contribution is -0.123. The Kier molecular flexibility index (Phi) is 4.17. The van der Waals surface area contributed by atoms with E-state index < -0.39 is 11.6 Å². The fourth-order valence-electron chi connectivity index (χ4n) is 3.07. The molecule has 1 fully saturated rings. The van der Waals surface area contributed by atoms with Crippen molar-refractivity contribution >= 4 is 23.3 Å². The van der Waals surface area contributed by atoms with Crippen LogP contribution in [0.1, 0.15) is 25.0 Å². The maximum atomic E-state index is 13.0. The SMILES string of the molecule is [C-]#[N+]c1ccc(N2C(=O)N(Cc3cccc(O)c3)C(C)(C)C2=O)cc1C. The molecule has 6 nitrogen and oxygen atoms in total. The molecule has 1 saturated heterocycles. The fraction of sp³-hybridized carbons (Fsp3) is 0.250. The summed E-state index contributed by atoms with van der Waals surface area (Å²) in [5.41, 5.74) is 1.37. The highest BCUT2D eigenvalue weighted by Crippen LogP contribution is 2.35. The molecule has 1 heterocycles. The Bertz CT molecular complexity index is 944. The van der Waals surface area contributed by atoms with Gasteiger partial charge in [0.25, 0.3) is 5.91 Å². The van der Waals surface area contributed by atoms with Gasteiger partial charge in [0.2, 0.25) is 0 Å². The second kappa shape index (κ2) is 6.19. The van der Waals surface area contributed by atoms with Crippen molar-refractivity contribution in [3.63, 3.8) is 0 Å². The van der Waals surface area contributed by atoms with Crippen LogP contribution in [0.15, 0.2) is 42.5 Å². The Morgan fingerprint density at radius 3 is 2.50 bits per heavy atom. The van der Waals surface area contributed by atoms with Crippen molar-refractivity contribution in [2.45, 2.75) is 32.9 Å². The number of carbonyl (C=O) groups excluding carboxylic acids is 2. The van der Waals surface area contributed by atoms with Crippen molar-refractivity contribution in [1.29, 1.82) is 0 Å². The number of urea groups is 1. The fourth-order valence-corrected chi connectivity index (χ4v) is 3.07. The number of nitrogens with zero attached hydrogens (tertiary/aromatic N) is 3. The van der Waals surface area contributed by atoms with Gasteiger partial charge in [-0.15, -0.1) is 0 Å². The maximum Gasteiger partial charge on any atom is 0.332 e. The lowest BCUT2D eigenvalue weighted by Gasteiger charge is -2.27. The third-order valence-electron chi connectivity index (χ3n) is 4.63. The second-order valence-corrected chi connectivity index (χ2v) is 6.82. The first-order valence-corrected chi connectivity index (χ1v) is 8.18. The van der Waals surface area contributed by atoms with E-state index in [9.17, 15) is 14.7 Å². The molecule has 132 valence electrons. The number of hydrogen-bond donors (Lipinski definition) is 1. The number of phenolic OH excluding ortho intramolecular Hbond substituents is 1. The molecule has 6 heteroatoms. The largest absolute Gasteiger partial charge is 0.508 e. The third kappa shape index (κ3) is 2.78. The van der Waals surface area contributed by atoms with Crippen LogP contribution in [0.25, 0.3) is 4.85 Å². The van der Waals surface area contributed by atoms with Crippen LogP contribution < -0.4 is 4.90 Å². The lowest BCUT2D eigenvalue weighted by Crippen LogP contribution is -2.43. The molecule has 3 amide bonds. The van der Waals surface area contributed by atoms with Crippen molar-refractivity contribution in [2.24, 2.45) is 0 Å². The van der Waals surface area contributed by atoms with E-state index in [-0.39, 0.29) is 18.2 Å². The Morgan fingerprint density at radius 2 is 1.88 bits per heavy atom. The minimum absolute atomic E-state index is 0.112. The topological polar surface area (TPSA) is 65.2 Å². The molecule has 1 aliphatic heterocycles. The van der Waals surface area contributed by atoms with Crippen LogP contribution in [0.5, 0.6) is 5.75 Å². The quantitative estimate of drug-likeness (QED) is 0.673. The first kappa shape index (κ1) is 17.5. The summed E-state index contributed by atoms with van der Waals surface area (Å²) in [7, 11) is 0. The first-order chi connectivity index (χ1) is 12.3. The molecule has 1 N–H and O–H groups in total. The van der Waals surface area contributed by atoms with Crippen LogP contribution in [-0.4, -0.2) is 27.5 Å². The minimum atomic E-state index is -1.02. The molecule has 1 aliphatic rings. The van der Waals surface area contributed by atoms with Gasteiger partial charge in [0, 0.05) is 6.54 Å². The predicted octanol–water partition coefficient (Wildman–Crippen LogP) is 4.00. The van der Waals surface area contributed by atoms with Gasteiger partial charge in [0.1, 0.15) is 11.3 Å². The maximum absolute atomic E-state index is 13.0. The zero-order valence-corrected chi connectivity index (χ0v) is 14.9. The molecule has 0 unspecified atom stereocenters. The van der Waals surface area contributed by atoms with Crippen molar-refractivity contribution in [2.75, 3.05) is 4.90 Å². The summed E-state index contributed by atoms with van der Waals surface area (Å²) >= 11 is 0. The molecule has 3 rings (SSSR count). The van der Waals surface area contributed by atoms with E-state index >= 15 is 0 Å². The van der Waals surface area contributed by atoms with E-state index in [2.05, 4.69) is 4.85 Å². The average molecular weight is 349 g/mol. The summed E-state index contributed by atoms with van der Waals surface area (Å²) in [6.45, 7) is 12.5. The van der Waals surface area contributed by atoms with Crippen molar-refractivity contribution in [3.05, 3.63) is 65.0 Å². The van der Waals surface area contributed by atoms with E-state index in [1.807, 2.05) is 0 Å². The highest BCUT2D eigenvalue weighted by Gasteiger charge is 2.51. The average Bonchev–Trinajstić information content (AvgIpc) is 2.75. The molecule has 0 radical (unpaired) electrons. The van der Waals surface area contributed by atoms with E-state index in [0.717, 1.165) is 10.5 Å². The molecular weight excluding hydrogens is 330 g/mol. The number of benzene rings is 2. The molecule has 26 heavy (non-hydrogen) atoms. The molecule has 0 bridgehead atoms. The summed E-state index contributed by atoms with van der Waals surface area (Å²) in [6, 6.07) is 11.1. The number of imide groups is 1. The summed E-state index contributed by atoms with van der Waals surface area (Å²) < 4.78 is 0. The number of phenols is 1. The van der Waals surface area contributed by atoms with E-state index in [0.29, 0.717) is 16.9 Å². The van der Waals surface area contributed by atoms with Gasteiger partial charge in [-0.1, -0.05) is 18.2 Å². The number of hydrogen-bond acceptors (Lipinski definition) is 3. The predicted molar refractivity (Wildman–Crippen MR) is 98.1 cm³/mol. The standard InChI is InChI=1S/C20H19N3O3/c1-13-10-15(8-9-17(13)21-4)23-18(25)20(2,3)22(19(23)26)12-14-6-5-7-16(24)11-14/h5-11,24H,12H2,1-3H3. The summed E-state index contributed by atoms with van der Waals surface area (Å²) in [6.07, 6.45) is 0. The highest BCUT2D eigenvalue weighted by molar-refractivity contribution is 6.23. The smallest absolute Gasteiger partial charge is 0.332 e. The molecule has 0 saturated carbocycles. The van der Waals surface area contributed by atoms with Gasteiger partial charge in [-0.2, -0.15) is 0 Å². The second-order valence-electron chi connectivity index (χ2n) is 6.82. The molecule has 0 spiro atoms. The van der Waals surface area contributed by atoms with Crippen LogP contribution in [0.2, 0.25) is 0 Å². The highest BCUT2D eigenvalue weighted by atomic mass is 16.3. The summed E-state index contributed by atoms with van der Waals surface area (Å²) in [5.74, 6) is -0.210.